The van der Waals surface area contributed by atoms with Crippen LogP contribution in [0.25, 0.3) is 0 Å². The summed E-state index contributed by atoms with van der Waals surface area (Å²) in [6.45, 7) is 3.66. The Balaban J connectivity index is 2.41. The average molecular weight is 292 g/mol. The lowest BCUT2D eigenvalue weighted by atomic mass is 10.0. The van der Waals surface area contributed by atoms with E-state index in [9.17, 15) is 4.39 Å². The van der Waals surface area contributed by atoms with Crippen LogP contribution in [0.4, 0.5) is 4.39 Å². The first kappa shape index (κ1) is 15.7. The van der Waals surface area contributed by atoms with Gasteiger partial charge in [-0.15, -0.1) is 11.6 Å². The van der Waals surface area contributed by atoms with Gasteiger partial charge in [-0.05, 0) is 49.1 Å². The van der Waals surface area contributed by atoms with Gasteiger partial charge in [-0.25, -0.2) is 4.39 Å². The smallest absolute Gasteiger partial charge is 0.123 e. The molecule has 102 valence electrons. The summed E-state index contributed by atoms with van der Waals surface area (Å²) in [6, 6.07) is 4.45. The van der Waals surface area contributed by atoms with Crippen molar-refractivity contribution in [2.24, 2.45) is 5.92 Å². The molecule has 1 nitrogen and oxygen atoms in total. The Hall–Kier alpha value is -0.310. The van der Waals surface area contributed by atoms with E-state index in [1.54, 1.807) is 6.07 Å². The molecule has 0 heterocycles. The van der Waals surface area contributed by atoms with Crippen LogP contribution in [0.2, 0.25) is 5.02 Å². The molecule has 1 aromatic carbocycles. The molecule has 1 atom stereocenters. The molecule has 0 aliphatic heterocycles. The number of hydrogen-bond acceptors (Lipinski definition) is 1. The predicted molar refractivity (Wildman–Crippen MR) is 76.9 cm³/mol. The van der Waals surface area contributed by atoms with E-state index in [2.05, 4.69) is 12.2 Å². The molecule has 0 radical (unpaired) electrons. The summed E-state index contributed by atoms with van der Waals surface area (Å²) in [5.41, 5.74) is 0.804. The second-order valence-corrected chi connectivity index (χ2v) is 5.28. The summed E-state index contributed by atoms with van der Waals surface area (Å²) < 4.78 is 13.1. The van der Waals surface area contributed by atoms with Crippen LogP contribution in [0, 0.1) is 11.7 Å². The highest BCUT2D eigenvalue weighted by Crippen LogP contribution is 2.17. The molecule has 0 saturated heterocycles. The van der Waals surface area contributed by atoms with Gasteiger partial charge in [-0.1, -0.05) is 24.9 Å². The number of rotatable bonds is 8. The van der Waals surface area contributed by atoms with E-state index in [0.29, 0.717) is 23.4 Å². The molecule has 0 fully saturated rings. The lowest BCUT2D eigenvalue weighted by Crippen LogP contribution is -2.23. The standard InChI is InChI=1S/C14H20Cl2FN/c1-2-3-11(6-7-15)9-18-10-12-8-13(17)4-5-14(12)16/h4-5,8,11,18H,2-3,6-7,9-10H2,1H3. The van der Waals surface area contributed by atoms with Gasteiger partial charge in [0.15, 0.2) is 0 Å². The van der Waals surface area contributed by atoms with Crippen molar-refractivity contribution in [3.8, 4) is 0 Å². The van der Waals surface area contributed by atoms with Crippen LogP contribution in [0.3, 0.4) is 0 Å². The SMILES string of the molecule is CCCC(CCCl)CNCc1cc(F)ccc1Cl. The molecule has 4 heteroatoms. The van der Waals surface area contributed by atoms with Crippen molar-refractivity contribution in [3.63, 3.8) is 0 Å². The second kappa shape index (κ2) is 8.73. The molecule has 0 bridgehead atoms. The van der Waals surface area contributed by atoms with Crippen molar-refractivity contribution in [1.82, 2.24) is 5.32 Å². The van der Waals surface area contributed by atoms with Gasteiger partial charge in [-0.2, -0.15) is 0 Å². The van der Waals surface area contributed by atoms with Gasteiger partial charge >= 0.3 is 0 Å². The highest BCUT2D eigenvalue weighted by atomic mass is 35.5. The van der Waals surface area contributed by atoms with Crippen LogP contribution in [0.1, 0.15) is 31.7 Å². The van der Waals surface area contributed by atoms with E-state index in [1.807, 2.05) is 0 Å². The van der Waals surface area contributed by atoms with Crippen LogP contribution in [0.15, 0.2) is 18.2 Å². The van der Waals surface area contributed by atoms with Crippen LogP contribution >= 0.6 is 23.2 Å². The minimum atomic E-state index is -0.248. The lowest BCUT2D eigenvalue weighted by molar-refractivity contribution is 0.430. The summed E-state index contributed by atoms with van der Waals surface area (Å²) >= 11 is 11.8. The number of benzene rings is 1. The quantitative estimate of drug-likeness (QED) is 0.690. The summed E-state index contributed by atoms with van der Waals surface area (Å²) in [5, 5.41) is 3.93. The predicted octanol–water partition coefficient (Wildman–Crippen LogP) is 4.61. The van der Waals surface area contributed by atoms with E-state index in [-0.39, 0.29) is 5.82 Å². The Morgan fingerprint density at radius 2 is 2.11 bits per heavy atom. The molecule has 0 aromatic heterocycles. The van der Waals surface area contributed by atoms with E-state index in [0.717, 1.165) is 31.4 Å². The number of hydrogen-bond donors (Lipinski definition) is 1. The topological polar surface area (TPSA) is 12.0 Å². The van der Waals surface area contributed by atoms with E-state index < -0.39 is 0 Å². The van der Waals surface area contributed by atoms with Gasteiger partial charge in [0.25, 0.3) is 0 Å². The number of alkyl halides is 1. The molecular weight excluding hydrogens is 272 g/mol. The second-order valence-electron chi connectivity index (χ2n) is 4.50. The van der Waals surface area contributed by atoms with Crippen molar-refractivity contribution >= 4 is 23.2 Å². The minimum Gasteiger partial charge on any atom is -0.312 e. The molecule has 0 saturated carbocycles. The molecule has 1 N–H and O–H groups in total. The normalized spacial score (nSPS) is 12.7. The fourth-order valence-corrected chi connectivity index (χ4v) is 2.49. The lowest BCUT2D eigenvalue weighted by Gasteiger charge is -2.16. The third-order valence-electron chi connectivity index (χ3n) is 2.97. The van der Waals surface area contributed by atoms with Crippen molar-refractivity contribution in [3.05, 3.63) is 34.6 Å². The molecule has 0 amide bonds. The van der Waals surface area contributed by atoms with Gasteiger partial charge in [0.05, 0.1) is 0 Å². The first-order chi connectivity index (χ1) is 8.67. The van der Waals surface area contributed by atoms with Gasteiger partial charge < -0.3 is 5.32 Å². The minimum absolute atomic E-state index is 0.248. The summed E-state index contributed by atoms with van der Waals surface area (Å²) in [5.74, 6) is 1.02. The third-order valence-corrected chi connectivity index (χ3v) is 3.56. The van der Waals surface area contributed by atoms with Crippen LogP contribution in [-0.4, -0.2) is 12.4 Å². The largest absolute Gasteiger partial charge is 0.312 e. The van der Waals surface area contributed by atoms with Crippen molar-refractivity contribution < 1.29 is 4.39 Å². The zero-order chi connectivity index (χ0) is 13.4. The van der Waals surface area contributed by atoms with Crippen LogP contribution in [-0.2, 0) is 6.54 Å². The Bertz CT molecular complexity index is 352. The highest BCUT2D eigenvalue weighted by Gasteiger charge is 2.07. The Morgan fingerprint density at radius 3 is 2.78 bits per heavy atom. The van der Waals surface area contributed by atoms with Gasteiger partial charge in [0.2, 0.25) is 0 Å². The summed E-state index contributed by atoms with van der Waals surface area (Å²) in [7, 11) is 0. The Labute approximate surface area is 119 Å². The Kier molecular flexibility index (Phi) is 7.64. The summed E-state index contributed by atoms with van der Waals surface area (Å²) in [4.78, 5) is 0. The van der Waals surface area contributed by atoms with E-state index in [1.165, 1.54) is 12.1 Å². The van der Waals surface area contributed by atoms with Crippen molar-refractivity contribution in [2.45, 2.75) is 32.7 Å². The van der Waals surface area contributed by atoms with Crippen LogP contribution in [0.5, 0.6) is 0 Å². The van der Waals surface area contributed by atoms with Crippen molar-refractivity contribution in [2.75, 3.05) is 12.4 Å². The maximum atomic E-state index is 13.1. The van der Waals surface area contributed by atoms with E-state index in [4.69, 9.17) is 23.2 Å². The fourth-order valence-electron chi connectivity index (χ4n) is 2.00. The summed E-state index contributed by atoms with van der Waals surface area (Å²) in [6.07, 6.45) is 3.33. The molecule has 18 heavy (non-hydrogen) atoms. The zero-order valence-corrected chi connectivity index (χ0v) is 12.2. The highest BCUT2D eigenvalue weighted by molar-refractivity contribution is 6.31. The maximum absolute atomic E-state index is 13.1. The zero-order valence-electron chi connectivity index (χ0n) is 10.7. The molecule has 1 unspecified atom stereocenters. The van der Waals surface area contributed by atoms with Gasteiger partial charge in [-0.3, -0.25) is 0 Å². The maximum Gasteiger partial charge on any atom is 0.123 e. The monoisotopic (exact) mass is 291 g/mol. The fraction of sp³-hybridized carbons (Fsp3) is 0.571. The van der Waals surface area contributed by atoms with Crippen molar-refractivity contribution in [1.29, 1.82) is 0 Å². The number of halogens is 3. The van der Waals surface area contributed by atoms with E-state index >= 15 is 0 Å². The molecule has 0 spiro atoms. The van der Waals surface area contributed by atoms with Gasteiger partial charge in [0, 0.05) is 17.4 Å². The first-order valence-electron chi connectivity index (χ1n) is 6.38. The van der Waals surface area contributed by atoms with Gasteiger partial charge in [0.1, 0.15) is 5.82 Å². The molecule has 0 aliphatic rings. The number of nitrogens with one attached hydrogen (secondary N) is 1. The molecular formula is C14H20Cl2FN. The Morgan fingerprint density at radius 1 is 1.33 bits per heavy atom. The average Bonchev–Trinajstić information content (AvgIpc) is 2.34. The van der Waals surface area contributed by atoms with Crippen LogP contribution < -0.4 is 5.32 Å². The third kappa shape index (κ3) is 5.55. The molecule has 1 aromatic rings. The molecule has 0 aliphatic carbocycles. The first-order valence-corrected chi connectivity index (χ1v) is 7.29. The molecule has 1 rings (SSSR count).